The molecule has 1 aliphatic rings. The van der Waals surface area contributed by atoms with Crippen LogP contribution in [0, 0.1) is 0 Å². The predicted octanol–water partition coefficient (Wildman–Crippen LogP) is 3.68. The van der Waals surface area contributed by atoms with Gasteiger partial charge in [0.25, 0.3) is 0 Å². The highest BCUT2D eigenvalue weighted by molar-refractivity contribution is 7.84. The van der Waals surface area contributed by atoms with E-state index < -0.39 is 11.0 Å². The van der Waals surface area contributed by atoms with Crippen molar-refractivity contribution in [1.82, 2.24) is 4.72 Å². The van der Waals surface area contributed by atoms with E-state index in [1.54, 1.807) is 0 Å². The van der Waals surface area contributed by atoms with Crippen LogP contribution >= 0.6 is 0 Å². The van der Waals surface area contributed by atoms with E-state index in [1.165, 1.54) is 24.0 Å². The number of benzene rings is 1. The minimum atomic E-state index is -1.02. The van der Waals surface area contributed by atoms with Gasteiger partial charge in [-0.1, -0.05) is 24.3 Å². The fraction of sp³-hybridized carbons (Fsp3) is 0.600. The zero-order valence-corrected chi connectivity index (χ0v) is 12.5. The van der Waals surface area contributed by atoms with Gasteiger partial charge in [-0.15, -0.1) is 0 Å². The quantitative estimate of drug-likeness (QED) is 0.884. The molecule has 0 aliphatic heterocycles. The Bertz CT molecular complexity index is 446. The van der Waals surface area contributed by atoms with Gasteiger partial charge in [-0.2, -0.15) is 0 Å². The fourth-order valence-corrected chi connectivity index (χ4v) is 2.72. The Kier molecular flexibility index (Phi) is 3.93. The minimum absolute atomic E-state index is 0.128. The van der Waals surface area contributed by atoms with E-state index in [-0.39, 0.29) is 10.8 Å². The first-order valence-corrected chi connectivity index (χ1v) is 7.81. The van der Waals surface area contributed by atoms with Gasteiger partial charge in [-0.3, -0.25) is 0 Å². The maximum atomic E-state index is 12.1. The summed E-state index contributed by atoms with van der Waals surface area (Å²) >= 11 is 0. The first kappa shape index (κ1) is 13.8. The molecule has 1 aromatic rings. The third kappa shape index (κ3) is 3.42. The molecule has 0 spiro atoms. The van der Waals surface area contributed by atoms with Crippen LogP contribution in [0.4, 0.5) is 0 Å². The molecule has 2 rings (SSSR count). The number of nitrogens with one attached hydrogen (secondary N) is 1. The van der Waals surface area contributed by atoms with E-state index in [2.05, 4.69) is 35.9 Å². The van der Waals surface area contributed by atoms with Gasteiger partial charge in [0.1, 0.15) is 0 Å². The summed E-state index contributed by atoms with van der Waals surface area (Å²) in [5.74, 6) is 0.769. The Morgan fingerprint density at radius 2 is 2.00 bits per heavy atom. The van der Waals surface area contributed by atoms with Crippen LogP contribution in [0.1, 0.15) is 63.6 Å². The van der Waals surface area contributed by atoms with E-state index in [4.69, 9.17) is 0 Å². The summed E-state index contributed by atoms with van der Waals surface area (Å²) in [5.41, 5.74) is 2.67. The van der Waals surface area contributed by atoms with Crippen molar-refractivity contribution in [3.8, 4) is 0 Å². The largest absolute Gasteiger partial charge is 0.242 e. The van der Waals surface area contributed by atoms with Crippen molar-refractivity contribution in [3.05, 3.63) is 35.4 Å². The van der Waals surface area contributed by atoms with Crippen LogP contribution in [0.25, 0.3) is 0 Å². The molecule has 1 fully saturated rings. The summed E-state index contributed by atoms with van der Waals surface area (Å²) in [6, 6.07) is 8.82. The molecule has 0 aromatic heterocycles. The molecular formula is C15H23NOS. The van der Waals surface area contributed by atoms with Crippen LogP contribution in [0.15, 0.2) is 24.3 Å². The highest BCUT2D eigenvalue weighted by atomic mass is 32.2. The Morgan fingerprint density at radius 3 is 2.56 bits per heavy atom. The lowest BCUT2D eigenvalue weighted by Gasteiger charge is -2.22. The summed E-state index contributed by atoms with van der Waals surface area (Å²) in [5, 5.41) is 0. The fourth-order valence-electron chi connectivity index (χ4n) is 1.90. The molecule has 1 unspecified atom stereocenters. The van der Waals surface area contributed by atoms with Crippen molar-refractivity contribution in [2.24, 2.45) is 0 Å². The smallest absolute Gasteiger partial charge is 0.0975 e. The number of rotatable bonds is 4. The second-order valence-electron chi connectivity index (χ2n) is 6.17. The Hall–Kier alpha value is -0.670. The maximum Gasteiger partial charge on any atom is 0.0975 e. The summed E-state index contributed by atoms with van der Waals surface area (Å²) in [7, 11) is -1.02. The van der Waals surface area contributed by atoms with Crippen molar-refractivity contribution in [2.45, 2.75) is 57.2 Å². The third-order valence-electron chi connectivity index (χ3n) is 3.30. The van der Waals surface area contributed by atoms with Crippen molar-refractivity contribution in [3.63, 3.8) is 0 Å². The van der Waals surface area contributed by atoms with Gasteiger partial charge in [0.2, 0.25) is 0 Å². The third-order valence-corrected chi connectivity index (χ3v) is 4.98. The SMILES string of the molecule is C[C@H](NS(=O)C(C)(C)C)c1cccc(C2CC2)c1. The Morgan fingerprint density at radius 1 is 1.33 bits per heavy atom. The lowest BCUT2D eigenvalue weighted by atomic mass is 10.0. The maximum absolute atomic E-state index is 12.1. The average molecular weight is 265 g/mol. The van der Waals surface area contributed by atoms with Crippen LogP contribution in [0.3, 0.4) is 0 Å². The molecule has 1 aliphatic carbocycles. The molecule has 1 N–H and O–H groups in total. The normalized spacial score (nSPS) is 19.6. The number of hydrogen-bond acceptors (Lipinski definition) is 1. The molecule has 18 heavy (non-hydrogen) atoms. The van der Waals surface area contributed by atoms with Gasteiger partial charge in [0.05, 0.1) is 15.7 Å². The van der Waals surface area contributed by atoms with E-state index >= 15 is 0 Å². The van der Waals surface area contributed by atoms with Crippen molar-refractivity contribution in [1.29, 1.82) is 0 Å². The molecule has 1 saturated carbocycles. The van der Waals surface area contributed by atoms with Crippen LogP contribution in [0.2, 0.25) is 0 Å². The molecule has 1 aromatic carbocycles. The topological polar surface area (TPSA) is 29.1 Å². The van der Waals surface area contributed by atoms with Gasteiger partial charge in [0.15, 0.2) is 0 Å². The minimum Gasteiger partial charge on any atom is -0.242 e. The average Bonchev–Trinajstić information content (AvgIpc) is 3.11. The molecule has 0 radical (unpaired) electrons. The van der Waals surface area contributed by atoms with Crippen LogP contribution in [-0.4, -0.2) is 8.96 Å². The standard InChI is InChI=1S/C15H23NOS/c1-11(16-18(17)15(2,3)4)13-6-5-7-14(10-13)12-8-9-12/h5-7,10-12,16H,8-9H2,1-4H3/t11-,18?/m0/s1. The van der Waals surface area contributed by atoms with Crippen molar-refractivity contribution < 1.29 is 4.21 Å². The van der Waals surface area contributed by atoms with Crippen LogP contribution in [0.5, 0.6) is 0 Å². The second-order valence-corrected chi connectivity index (χ2v) is 8.16. The van der Waals surface area contributed by atoms with Gasteiger partial charge in [-0.25, -0.2) is 8.93 Å². The molecular weight excluding hydrogens is 242 g/mol. The highest BCUT2D eigenvalue weighted by Crippen LogP contribution is 2.40. The summed E-state index contributed by atoms with van der Waals surface area (Å²) in [4.78, 5) is 0. The molecule has 0 saturated heterocycles. The summed E-state index contributed by atoms with van der Waals surface area (Å²) in [6.45, 7) is 8.05. The molecule has 0 heterocycles. The van der Waals surface area contributed by atoms with E-state index in [9.17, 15) is 4.21 Å². The van der Waals surface area contributed by atoms with Gasteiger partial charge in [0, 0.05) is 6.04 Å². The molecule has 3 heteroatoms. The van der Waals surface area contributed by atoms with Gasteiger partial charge < -0.3 is 0 Å². The van der Waals surface area contributed by atoms with Gasteiger partial charge in [-0.05, 0) is 57.6 Å². The van der Waals surface area contributed by atoms with E-state index in [0.29, 0.717) is 0 Å². The van der Waals surface area contributed by atoms with Crippen molar-refractivity contribution in [2.75, 3.05) is 0 Å². The van der Waals surface area contributed by atoms with Crippen LogP contribution in [-0.2, 0) is 11.0 Å². The predicted molar refractivity (Wildman–Crippen MR) is 77.9 cm³/mol. The van der Waals surface area contributed by atoms with Crippen LogP contribution < -0.4 is 4.72 Å². The molecule has 2 nitrogen and oxygen atoms in total. The molecule has 0 amide bonds. The lowest BCUT2D eigenvalue weighted by molar-refractivity contribution is 0.616. The summed E-state index contributed by atoms with van der Waals surface area (Å²) in [6.07, 6.45) is 2.64. The first-order chi connectivity index (χ1) is 8.38. The molecule has 0 bridgehead atoms. The lowest BCUT2D eigenvalue weighted by Crippen LogP contribution is -2.34. The zero-order valence-electron chi connectivity index (χ0n) is 11.7. The van der Waals surface area contributed by atoms with Gasteiger partial charge >= 0.3 is 0 Å². The van der Waals surface area contributed by atoms with E-state index in [0.717, 1.165) is 5.92 Å². The molecule has 2 atom stereocenters. The second kappa shape index (κ2) is 5.14. The monoisotopic (exact) mass is 265 g/mol. The number of hydrogen-bond donors (Lipinski definition) is 1. The summed E-state index contributed by atoms with van der Waals surface area (Å²) < 4.78 is 15.1. The Labute approximate surface area is 113 Å². The van der Waals surface area contributed by atoms with E-state index in [1.807, 2.05) is 20.8 Å². The first-order valence-electron chi connectivity index (χ1n) is 6.66. The molecule has 100 valence electrons. The Balaban J connectivity index is 2.06. The zero-order chi connectivity index (χ0) is 13.3. The highest BCUT2D eigenvalue weighted by Gasteiger charge is 2.25. The van der Waals surface area contributed by atoms with Crippen molar-refractivity contribution >= 4 is 11.0 Å².